The van der Waals surface area contributed by atoms with Gasteiger partial charge in [-0.25, -0.2) is 9.13 Å². The Hall–Kier alpha value is -4.90. The van der Waals surface area contributed by atoms with Gasteiger partial charge in [0.1, 0.15) is 0 Å². The number of hydrogen-bond acceptors (Lipinski definition) is 1. The molecule has 6 aromatic rings. The molecule has 14 aliphatic heterocycles. The first-order valence-electron chi connectivity index (χ1n) is 13.4. The molecule has 0 fully saturated rings. The first-order valence-corrected chi connectivity index (χ1v) is 13.4. The summed E-state index contributed by atoms with van der Waals surface area (Å²) in [7, 11) is 0. The van der Waals surface area contributed by atoms with Crippen LogP contribution in [0, 0.1) is 0 Å². The standard InChI is InChI=1S/C34H30N4O/c1-2-28-4-3-27(1)23-35-15-7-29(8-16-35)31-11-19-37(20-12-31)25-33-5-6-34(39-33)26-38-21-13-32(14-22-38)30-9-17-36(24-28)18-10-30/h1-22H,23-26H2/q+4. The van der Waals surface area contributed by atoms with Crippen molar-refractivity contribution in [1.82, 2.24) is 0 Å². The van der Waals surface area contributed by atoms with Crippen LogP contribution in [0.1, 0.15) is 22.6 Å². The quantitative estimate of drug-likeness (QED) is 0.280. The second-order valence-corrected chi connectivity index (χ2v) is 10.2. The number of rotatable bonds is 0. The van der Waals surface area contributed by atoms with E-state index in [1.54, 1.807) is 0 Å². The SMILES string of the molecule is c1cc2ccc1C[n+]1ccc(cc1)-c1cc[n+](cc1)Cc1ccc(o1)C[n+]1ccc(cc1)-c1cc[n+](cc1)C2. The molecule has 188 valence electrons. The summed E-state index contributed by atoms with van der Waals surface area (Å²) in [6.45, 7) is 3.09. The lowest BCUT2D eigenvalue weighted by atomic mass is 10.1. The minimum absolute atomic E-state index is 0.700. The topological polar surface area (TPSA) is 28.7 Å². The van der Waals surface area contributed by atoms with Gasteiger partial charge in [0.25, 0.3) is 0 Å². The summed E-state index contributed by atoms with van der Waals surface area (Å²) >= 11 is 0. The van der Waals surface area contributed by atoms with Crippen LogP contribution in [0.5, 0.6) is 0 Å². The summed E-state index contributed by atoms with van der Waals surface area (Å²) < 4.78 is 14.9. The van der Waals surface area contributed by atoms with Crippen molar-refractivity contribution in [3.05, 3.63) is 157 Å². The van der Waals surface area contributed by atoms with Gasteiger partial charge < -0.3 is 4.42 Å². The molecule has 12 bridgehead atoms. The van der Waals surface area contributed by atoms with Gasteiger partial charge in [-0.2, -0.15) is 9.13 Å². The van der Waals surface area contributed by atoms with Gasteiger partial charge >= 0.3 is 0 Å². The molecule has 20 rings (SSSR count). The highest BCUT2D eigenvalue weighted by molar-refractivity contribution is 5.61. The van der Waals surface area contributed by atoms with Crippen LogP contribution < -0.4 is 18.3 Å². The van der Waals surface area contributed by atoms with E-state index < -0.39 is 0 Å². The van der Waals surface area contributed by atoms with Gasteiger partial charge in [-0.1, -0.05) is 24.3 Å². The highest BCUT2D eigenvalue weighted by Gasteiger charge is 2.13. The van der Waals surface area contributed by atoms with E-state index >= 15 is 0 Å². The summed E-state index contributed by atoms with van der Waals surface area (Å²) in [6.07, 6.45) is 17.1. The smallest absolute Gasteiger partial charge is 0.205 e. The van der Waals surface area contributed by atoms with Crippen molar-refractivity contribution in [2.75, 3.05) is 0 Å². The van der Waals surface area contributed by atoms with Gasteiger partial charge in [-0.15, -0.1) is 0 Å². The molecule has 0 saturated heterocycles. The Morgan fingerprint density at radius 1 is 0.333 bits per heavy atom. The Bertz CT molecular complexity index is 1570. The van der Waals surface area contributed by atoms with Crippen LogP contribution in [0.25, 0.3) is 22.3 Å². The zero-order chi connectivity index (χ0) is 26.0. The maximum absolute atomic E-state index is 6.16. The van der Waals surface area contributed by atoms with E-state index in [0.717, 1.165) is 24.6 Å². The van der Waals surface area contributed by atoms with E-state index in [0.29, 0.717) is 13.1 Å². The molecule has 5 heteroatoms. The summed E-state index contributed by atoms with van der Waals surface area (Å²) in [4.78, 5) is 0. The zero-order valence-corrected chi connectivity index (χ0v) is 21.7. The molecule has 0 amide bonds. The van der Waals surface area contributed by atoms with Crippen LogP contribution in [0.3, 0.4) is 0 Å². The van der Waals surface area contributed by atoms with Crippen LogP contribution in [-0.4, -0.2) is 0 Å². The maximum atomic E-state index is 6.16. The molecule has 19 heterocycles. The highest BCUT2D eigenvalue weighted by atomic mass is 16.3. The van der Waals surface area contributed by atoms with Gasteiger partial charge in [0.2, 0.25) is 13.1 Å². The molecule has 5 aromatic heterocycles. The Kier molecular flexibility index (Phi) is 6.02. The normalized spacial score (nSPS) is 12.7. The molecule has 14 aliphatic rings. The molecule has 0 N–H and O–H groups in total. The summed E-state index contributed by atoms with van der Waals surface area (Å²) in [5.41, 5.74) is 7.39. The largest absolute Gasteiger partial charge is 0.453 e. The summed E-state index contributed by atoms with van der Waals surface area (Å²) in [5.74, 6) is 1.90. The van der Waals surface area contributed by atoms with Crippen LogP contribution in [-0.2, 0) is 26.2 Å². The number of hydrogen-bond donors (Lipinski definition) is 0. The van der Waals surface area contributed by atoms with Crippen molar-refractivity contribution in [3.8, 4) is 22.3 Å². The lowest BCUT2D eigenvalue weighted by Crippen LogP contribution is -2.34. The minimum Gasteiger partial charge on any atom is -0.453 e. The first-order chi connectivity index (χ1) is 19.2. The Labute approximate surface area is 228 Å². The molecular formula is C34H30N4O+4. The third-order valence-electron chi connectivity index (χ3n) is 7.38. The number of nitrogens with zero attached hydrogens (tertiary/aromatic N) is 4. The first kappa shape index (κ1) is 23.2. The third-order valence-corrected chi connectivity index (χ3v) is 7.38. The number of aromatic nitrogens is 4. The molecule has 0 unspecified atom stereocenters. The molecule has 1 aromatic carbocycles. The second kappa shape index (κ2) is 10.1. The Morgan fingerprint density at radius 2 is 0.615 bits per heavy atom. The van der Waals surface area contributed by atoms with Crippen LogP contribution in [0.2, 0.25) is 0 Å². The van der Waals surface area contributed by atoms with Crippen molar-refractivity contribution in [2.45, 2.75) is 26.2 Å². The van der Waals surface area contributed by atoms with Crippen LogP contribution >= 0.6 is 0 Å². The van der Waals surface area contributed by atoms with E-state index in [1.807, 2.05) is 0 Å². The van der Waals surface area contributed by atoms with Crippen LogP contribution in [0.4, 0.5) is 0 Å². The van der Waals surface area contributed by atoms with E-state index in [-0.39, 0.29) is 0 Å². The fourth-order valence-electron chi connectivity index (χ4n) is 5.14. The number of pyridine rings is 4. The number of benzene rings is 1. The number of furan rings is 1. The molecule has 5 nitrogen and oxygen atoms in total. The Balaban J connectivity index is 1.20. The monoisotopic (exact) mass is 510 g/mol. The average molecular weight is 511 g/mol. The molecule has 0 radical (unpaired) electrons. The fourth-order valence-corrected chi connectivity index (χ4v) is 5.14. The van der Waals surface area contributed by atoms with Gasteiger partial charge in [0.15, 0.2) is 74.2 Å². The van der Waals surface area contributed by atoms with E-state index in [2.05, 4.69) is 153 Å². The van der Waals surface area contributed by atoms with Crippen molar-refractivity contribution in [3.63, 3.8) is 0 Å². The molecule has 0 spiro atoms. The predicted octanol–water partition coefficient (Wildman–Crippen LogP) is 4.27. The maximum Gasteiger partial charge on any atom is 0.205 e. The Morgan fingerprint density at radius 3 is 0.923 bits per heavy atom. The van der Waals surface area contributed by atoms with Crippen molar-refractivity contribution < 1.29 is 22.7 Å². The lowest BCUT2D eigenvalue weighted by Gasteiger charge is -2.03. The lowest BCUT2D eigenvalue weighted by molar-refractivity contribution is -0.692. The zero-order valence-electron chi connectivity index (χ0n) is 21.7. The van der Waals surface area contributed by atoms with E-state index in [4.69, 9.17) is 4.42 Å². The fraction of sp³-hybridized carbons (Fsp3) is 0.118. The molecule has 0 atom stereocenters. The molecular weight excluding hydrogens is 480 g/mol. The highest BCUT2D eigenvalue weighted by Crippen LogP contribution is 2.18. The van der Waals surface area contributed by atoms with Gasteiger partial charge in [-0.05, 0) is 34.4 Å². The minimum atomic E-state index is 0.700. The summed E-state index contributed by atoms with van der Waals surface area (Å²) in [6, 6.07) is 30.5. The van der Waals surface area contributed by atoms with Crippen LogP contribution in [0.15, 0.2) is 139 Å². The second-order valence-electron chi connectivity index (χ2n) is 10.2. The summed E-state index contributed by atoms with van der Waals surface area (Å²) in [5, 5.41) is 0. The molecule has 39 heavy (non-hydrogen) atoms. The van der Waals surface area contributed by atoms with Crippen molar-refractivity contribution in [2.24, 2.45) is 0 Å². The van der Waals surface area contributed by atoms with E-state index in [1.165, 1.54) is 33.4 Å². The van der Waals surface area contributed by atoms with Gasteiger partial charge in [-0.3, -0.25) is 0 Å². The van der Waals surface area contributed by atoms with Gasteiger partial charge in [0, 0.05) is 59.7 Å². The predicted molar refractivity (Wildman–Crippen MR) is 146 cm³/mol. The van der Waals surface area contributed by atoms with Gasteiger partial charge in [0.05, 0.1) is 0 Å². The van der Waals surface area contributed by atoms with Crippen molar-refractivity contribution >= 4 is 0 Å². The molecule has 0 aliphatic carbocycles. The van der Waals surface area contributed by atoms with E-state index in [9.17, 15) is 0 Å². The average Bonchev–Trinajstić information content (AvgIpc) is 3.42. The third kappa shape index (κ3) is 5.25. The van der Waals surface area contributed by atoms with Crippen molar-refractivity contribution in [1.29, 1.82) is 0 Å². The molecule has 0 saturated carbocycles.